The fourth-order valence-electron chi connectivity index (χ4n) is 3.34. The third-order valence-corrected chi connectivity index (χ3v) is 4.61. The molecular formula is C22H22N2O4. The maximum Gasteiger partial charge on any atom is 0.339 e. The van der Waals surface area contributed by atoms with Crippen LogP contribution in [0.4, 0.5) is 5.69 Å². The van der Waals surface area contributed by atoms with Crippen molar-refractivity contribution in [2.24, 2.45) is 0 Å². The van der Waals surface area contributed by atoms with Gasteiger partial charge in [0.15, 0.2) is 0 Å². The van der Waals surface area contributed by atoms with Crippen molar-refractivity contribution < 1.29 is 14.5 Å². The number of hydrogen-bond donors (Lipinski definition) is 0. The van der Waals surface area contributed by atoms with Crippen molar-refractivity contribution >= 4 is 22.6 Å². The number of carbonyl (C=O) groups excluding carboxylic acids is 1. The molecule has 6 heteroatoms. The van der Waals surface area contributed by atoms with Crippen LogP contribution in [0.3, 0.4) is 0 Å². The van der Waals surface area contributed by atoms with Gasteiger partial charge in [-0.15, -0.1) is 0 Å². The number of ether oxygens (including phenoxy) is 1. The Morgan fingerprint density at radius 3 is 2.64 bits per heavy atom. The van der Waals surface area contributed by atoms with E-state index in [1.54, 1.807) is 12.1 Å². The molecule has 0 aliphatic rings. The minimum atomic E-state index is -0.464. The van der Waals surface area contributed by atoms with E-state index < -0.39 is 10.9 Å². The van der Waals surface area contributed by atoms with Gasteiger partial charge in [-0.25, -0.2) is 4.79 Å². The maximum atomic E-state index is 13.0. The average Bonchev–Trinajstić information content (AvgIpc) is 2.71. The Morgan fingerprint density at radius 1 is 1.14 bits per heavy atom. The number of benzene rings is 2. The van der Waals surface area contributed by atoms with Gasteiger partial charge in [-0.1, -0.05) is 50.6 Å². The van der Waals surface area contributed by atoms with Crippen LogP contribution < -0.4 is 0 Å². The van der Waals surface area contributed by atoms with Crippen molar-refractivity contribution in [1.29, 1.82) is 0 Å². The Labute approximate surface area is 163 Å². The summed E-state index contributed by atoms with van der Waals surface area (Å²) in [6, 6.07) is 13.7. The second-order valence-corrected chi connectivity index (χ2v) is 6.54. The summed E-state index contributed by atoms with van der Waals surface area (Å²) in [5.41, 5.74) is 3.69. The Bertz CT molecular complexity index is 1030. The number of aromatic nitrogens is 1. The molecular weight excluding hydrogens is 356 g/mol. The summed E-state index contributed by atoms with van der Waals surface area (Å²) in [6.07, 6.45) is 2.40. The van der Waals surface area contributed by atoms with Gasteiger partial charge in [0.25, 0.3) is 5.69 Å². The summed E-state index contributed by atoms with van der Waals surface area (Å²) < 4.78 is 5.54. The predicted molar refractivity (Wildman–Crippen MR) is 107 cm³/mol. The van der Waals surface area contributed by atoms with Crippen molar-refractivity contribution in [3.8, 4) is 0 Å². The summed E-state index contributed by atoms with van der Waals surface area (Å²) in [5, 5.41) is 11.7. The first kappa shape index (κ1) is 19.5. The van der Waals surface area contributed by atoms with Crippen molar-refractivity contribution in [2.75, 3.05) is 0 Å². The monoisotopic (exact) mass is 378 g/mol. The minimum absolute atomic E-state index is 0.0244. The smallest absolute Gasteiger partial charge is 0.339 e. The van der Waals surface area contributed by atoms with Crippen molar-refractivity contribution in [3.05, 3.63) is 81.0 Å². The van der Waals surface area contributed by atoms with E-state index in [2.05, 4.69) is 6.92 Å². The lowest BCUT2D eigenvalue weighted by Crippen LogP contribution is -2.13. The predicted octanol–water partition coefficient (Wildman–Crippen LogP) is 5.01. The molecule has 0 N–H and O–H groups in total. The van der Waals surface area contributed by atoms with E-state index in [1.165, 1.54) is 12.1 Å². The molecule has 0 unspecified atom stereocenters. The molecule has 6 nitrogen and oxygen atoms in total. The molecule has 2 aromatic carbocycles. The Morgan fingerprint density at radius 2 is 1.93 bits per heavy atom. The molecule has 0 bridgehead atoms. The van der Waals surface area contributed by atoms with E-state index in [0.29, 0.717) is 17.5 Å². The van der Waals surface area contributed by atoms with Crippen LogP contribution in [-0.2, 0) is 24.2 Å². The number of carbonyl (C=O) groups is 1. The molecule has 3 rings (SSSR count). The van der Waals surface area contributed by atoms with Crippen LogP contribution in [0.1, 0.15) is 47.4 Å². The first-order valence-corrected chi connectivity index (χ1v) is 9.36. The number of esters is 1. The zero-order chi connectivity index (χ0) is 20.1. The van der Waals surface area contributed by atoms with Gasteiger partial charge in [0, 0.05) is 23.2 Å². The van der Waals surface area contributed by atoms with Gasteiger partial charge in [0.1, 0.15) is 6.61 Å². The molecule has 0 aliphatic carbocycles. The van der Waals surface area contributed by atoms with Crippen LogP contribution >= 0.6 is 0 Å². The van der Waals surface area contributed by atoms with Gasteiger partial charge in [0.05, 0.1) is 16.0 Å². The van der Waals surface area contributed by atoms with Crippen molar-refractivity contribution in [3.63, 3.8) is 0 Å². The fraction of sp³-hybridized carbons (Fsp3) is 0.273. The summed E-state index contributed by atoms with van der Waals surface area (Å²) in [4.78, 5) is 28.2. The van der Waals surface area contributed by atoms with Crippen LogP contribution in [0, 0.1) is 10.1 Å². The second-order valence-electron chi connectivity index (χ2n) is 6.54. The lowest BCUT2D eigenvalue weighted by Gasteiger charge is -2.15. The highest BCUT2D eigenvalue weighted by Gasteiger charge is 2.20. The van der Waals surface area contributed by atoms with Crippen LogP contribution in [0.15, 0.2) is 48.5 Å². The number of hydrogen-bond acceptors (Lipinski definition) is 5. The molecule has 144 valence electrons. The summed E-state index contributed by atoms with van der Waals surface area (Å²) in [7, 11) is 0. The number of non-ortho nitro benzene ring substituents is 1. The van der Waals surface area contributed by atoms with Crippen molar-refractivity contribution in [2.45, 2.75) is 39.7 Å². The lowest BCUT2D eigenvalue weighted by molar-refractivity contribution is -0.384. The zero-order valence-corrected chi connectivity index (χ0v) is 16.0. The highest BCUT2D eigenvalue weighted by molar-refractivity contribution is 6.05. The number of pyridine rings is 1. The standard InChI is InChI=1S/C22H22N2O4/c1-3-8-19-17(4-2)21(18-11-5-6-12-20(18)23-19)22(25)28-14-15-9-7-10-16(13-15)24(26)27/h5-7,9-13H,3-4,8,14H2,1-2H3. The topological polar surface area (TPSA) is 82.3 Å². The molecule has 0 saturated heterocycles. The van der Waals surface area contributed by atoms with Gasteiger partial charge in [-0.3, -0.25) is 15.1 Å². The number of nitro benzene ring substituents is 1. The van der Waals surface area contributed by atoms with Gasteiger partial charge < -0.3 is 4.74 Å². The van der Waals surface area contributed by atoms with E-state index in [0.717, 1.165) is 35.0 Å². The molecule has 0 radical (unpaired) electrons. The van der Waals surface area contributed by atoms with Gasteiger partial charge in [0.2, 0.25) is 0 Å². The number of nitrogens with zero attached hydrogens (tertiary/aromatic N) is 2. The van der Waals surface area contributed by atoms with E-state index >= 15 is 0 Å². The van der Waals surface area contributed by atoms with Gasteiger partial charge in [-0.05, 0) is 30.0 Å². The first-order chi connectivity index (χ1) is 13.5. The second kappa shape index (κ2) is 8.61. The number of nitro groups is 1. The Balaban J connectivity index is 1.96. The Hall–Kier alpha value is -3.28. The molecule has 28 heavy (non-hydrogen) atoms. The maximum absolute atomic E-state index is 13.0. The zero-order valence-electron chi connectivity index (χ0n) is 16.0. The molecule has 0 saturated carbocycles. The highest BCUT2D eigenvalue weighted by Crippen LogP contribution is 2.26. The largest absolute Gasteiger partial charge is 0.457 e. The molecule has 0 aliphatic heterocycles. The molecule has 1 heterocycles. The number of aryl methyl sites for hydroxylation is 1. The number of para-hydroxylation sites is 1. The van der Waals surface area contributed by atoms with Crippen LogP contribution in [0.25, 0.3) is 10.9 Å². The van der Waals surface area contributed by atoms with Crippen LogP contribution in [0.5, 0.6) is 0 Å². The fourth-order valence-corrected chi connectivity index (χ4v) is 3.34. The van der Waals surface area contributed by atoms with Crippen LogP contribution in [0.2, 0.25) is 0 Å². The average molecular weight is 378 g/mol. The van der Waals surface area contributed by atoms with Gasteiger partial charge >= 0.3 is 5.97 Å². The van der Waals surface area contributed by atoms with E-state index in [-0.39, 0.29) is 12.3 Å². The van der Waals surface area contributed by atoms with Gasteiger partial charge in [-0.2, -0.15) is 0 Å². The molecule has 3 aromatic rings. The molecule has 1 aromatic heterocycles. The summed E-state index contributed by atoms with van der Waals surface area (Å²) in [5.74, 6) is -0.431. The third kappa shape index (κ3) is 4.01. The van der Waals surface area contributed by atoms with Crippen molar-refractivity contribution in [1.82, 2.24) is 4.98 Å². The first-order valence-electron chi connectivity index (χ1n) is 9.36. The van der Waals surface area contributed by atoms with E-state index in [4.69, 9.17) is 9.72 Å². The molecule has 0 spiro atoms. The summed E-state index contributed by atoms with van der Waals surface area (Å²) >= 11 is 0. The molecule has 0 amide bonds. The quantitative estimate of drug-likeness (QED) is 0.328. The highest BCUT2D eigenvalue weighted by atomic mass is 16.6. The SMILES string of the molecule is CCCc1nc2ccccc2c(C(=O)OCc2cccc([N+](=O)[O-])c2)c1CC. The minimum Gasteiger partial charge on any atom is -0.457 e. The normalized spacial score (nSPS) is 10.8. The molecule has 0 atom stereocenters. The number of fused-ring (bicyclic) bond motifs is 1. The lowest BCUT2D eigenvalue weighted by atomic mass is 9.96. The van der Waals surface area contributed by atoms with Crippen LogP contribution in [-0.4, -0.2) is 15.9 Å². The Kier molecular flexibility index (Phi) is 5.99. The third-order valence-electron chi connectivity index (χ3n) is 4.61. The van der Waals surface area contributed by atoms with E-state index in [9.17, 15) is 14.9 Å². The number of rotatable bonds is 7. The molecule has 0 fully saturated rings. The summed E-state index contributed by atoms with van der Waals surface area (Å²) in [6.45, 7) is 4.06. The van der Waals surface area contributed by atoms with E-state index in [1.807, 2.05) is 31.2 Å².